The van der Waals surface area contributed by atoms with Crippen molar-refractivity contribution in [3.05, 3.63) is 35.4 Å². The number of nitrogens with one attached hydrogen (secondary N) is 1. The lowest BCUT2D eigenvalue weighted by molar-refractivity contribution is 0.1000. The van der Waals surface area contributed by atoms with Crippen LogP contribution in [0.3, 0.4) is 0 Å². The number of unbranched alkanes of at least 4 members (excludes halogenated alkanes) is 4. The Kier molecular flexibility index (Phi) is 7.11. The molecule has 1 aromatic carbocycles. The first kappa shape index (κ1) is 14.7. The second-order valence-electron chi connectivity index (χ2n) is 4.66. The Labute approximate surface area is 110 Å². The van der Waals surface area contributed by atoms with Gasteiger partial charge in [-0.25, -0.2) is 0 Å². The summed E-state index contributed by atoms with van der Waals surface area (Å²) in [5.74, 6) is -0.364. The van der Waals surface area contributed by atoms with Gasteiger partial charge in [0.05, 0.1) is 0 Å². The van der Waals surface area contributed by atoms with E-state index in [1.165, 1.54) is 32.1 Å². The van der Waals surface area contributed by atoms with E-state index in [2.05, 4.69) is 12.2 Å². The van der Waals surface area contributed by atoms with E-state index in [1.54, 1.807) is 6.07 Å². The fourth-order valence-electron chi connectivity index (χ4n) is 1.92. The Balaban J connectivity index is 2.19. The van der Waals surface area contributed by atoms with Crippen LogP contribution in [0.1, 0.15) is 54.9 Å². The van der Waals surface area contributed by atoms with Gasteiger partial charge in [-0.1, -0.05) is 44.7 Å². The molecule has 0 atom stereocenters. The molecule has 0 saturated carbocycles. The number of primary amides is 1. The normalized spacial score (nSPS) is 10.5. The predicted octanol–water partition coefficient (Wildman–Crippen LogP) is 2.85. The van der Waals surface area contributed by atoms with E-state index in [1.807, 2.05) is 18.2 Å². The van der Waals surface area contributed by atoms with E-state index in [9.17, 15) is 4.79 Å². The van der Waals surface area contributed by atoms with Gasteiger partial charge in [0.2, 0.25) is 5.91 Å². The monoisotopic (exact) mass is 248 g/mol. The third-order valence-corrected chi connectivity index (χ3v) is 3.00. The Morgan fingerprint density at radius 3 is 2.72 bits per heavy atom. The quantitative estimate of drug-likeness (QED) is 0.660. The third kappa shape index (κ3) is 5.82. The zero-order valence-electron chi connectivity index (χ0n) is 11.2. The molecule has 0 unspecified atom stereocenters. The second kappa shape index (κ2) is 8.70. The van der Waals surface area contributed by atoms with Crippen molar-refractivity contribution >= 4 is 5.91 Å². The van der Waals surface area contributed by atoms with Gasteiger partial charge in [0.15, 0.2) is 0 Å². The minimum atomic E-state index is -0.364. The fraction of sp³-hybridized carbons (Fsp3) is 0.533. The Morgan fingerprint density at radius 2 is 2.00 bits per heavy atom. The van der Waals surface area contributed by atoms with E-state index < -0.39 is 0 Å². The molecule has 0 fully saturated rings. The molecule has 0 spiro atoms. The molecule has 100 valence electrons. The molecule has 3 nitrogen and oxygen atoms in total. The van der Waals surface area contributed by atoms with Crippen LogP contribution in [-0.4, -0.2) is 12.5 Å². The molecule has 1 aromatic rings. The average molecular weight is 248 g/mol. The van der Waals surface area contributed by atoms with E-state index in [-0.39, 0.29) is 5.91 Å². The first-order chi connectivity index (χ1) is 8.74. The van der Waals surface area contributed by atoms with Crippen molar-refractivity contribution in [2.24, 2.45) is 5.73 Å². The lowest BCUT2D eigenvalue weighted by Gasteiger charge is -2.06. The number of nitrogens with two attached hydrogens (primary N) is 1. The highest BCUT2D eigenvalue weighted by Crippen LogP contribution is 2.05. The molecule has 18 heavy (non-hydrogen) atoms. The van der Waals surface area contributed by atoms with Gasteiger partial charge in [-0.2, -0.15) is 0 Å². The highest BCUT2D eigenvalue weighted by Gasteiger charge is 2.00. The number of carbonyl (C=O) groups excluding carboxylic acids is 1. The summed E-state index contributed by atoms with van der Waals surface area (Å²) in [6.07, 6.45) is 6.46. The summed E-state index contributed by atoms with van der Waals surface area (Å²) in [5, 5.41) is 3.39. The molecule has 0 aliphatic rings. The van der Waals surface area contributed by atoms with Crippen LogP contribution in [0.5, 0.6) is 0 Å². The molecular formula is C15H24N2O. The smallest absolute Gasteiger partial charge is 0.248 e. The largest absolute Gasteiger partial charge is 0.366 e. The SMILES string of the molecule is CCCCCCCNCc1cccc(C(N)=O)c1. The van der Waals surface area contributed by atoms with Crippen molar-refractivity contribution in [2.75, 3.05) is 6.54 Å². The van der Waals surface area contributed by atoms with E-state index in [0.717, 1.165) is 18.7 Å². The molecule has 0 radical (unpaired) electrons. The lowest BCUT2D eigenvalue weighted by atomic mass is 10.1. The summed E-state index contributed by atoms with van der Waals surface area (Å²) < 4.78 is 0. The van der Waals surface area contributed by atoms with Crippen molar-refractivity contribution < 1.29 is 4.79 Å². The van der Waals surface area contributed by atoms with Gasteiger partial charge in [-0.05, 0) is 30.7 Å². The van der Waals surface area contributed by atoms with Crippen molar-refractivity contribution in [1.82, 2.24) is 5.32 Å². The molecular weight excluding hydrogens is 224 g/mol. The maximum absolute atomic E-state index is 11.0. The van der Waals surface area contributed by atoms with Gasteiger partial charge in [-0.15, -0.1) is 0 Å². The summed E-state index contributed by atoms with van der Waals surface area (Å²) in [6, 6.07) is 7.48. The first-order valence-corrected chi connectivity index (χ1v) is 6.83. The lowest BCUT2D eigenvalue weighted by Crippen LogP contribution is -2.16. The van der Waals surface area contributed by atoms with Crippen LogP contribution >= 0.6 is 0 Å². The van der Waals surface area contributed by atoms with Crippen LogP contribution in [0.2, 0.25) is 0 Å². The zero-order chi connectivity index (χ0) is 13.2. The molecule has 0 heterocycles. The molecule has 3 N–H and O–H groups in total. The predicted molar refractivity (Wildman–Crippen MR) is 75.4 cm³/mol. The molecule has 0 bridgehead atoms. The average Bonchev–Trinajstić information content (AvgIpc) is 2.38. The molecule has 1 rings (SSSR count). The van der Waals surface area contributed by atoms with Gasteiger partial charge in [0.1, 0.15) is 0 Å². The van der Waals surface area contributed by atoms with E-state index in [0.29, 0.717) is 5.56 Å². The second-order valence-corrected chi connectivity index (χ2v) is 4.66. The van der Waals surface area contributed by atoms with Gasteiger partial charge < -0.3 is 11.1 Å². The summed E-state index contributed by atoms with van der Waals surface area (Å²) >= 11 is 0. The number of rotatable bonds is 9. The minimum Gasteiger partial charge on any atom is -0.366 e. The summed E-state index contributed by atoms with van der Waals surface area (Å²) in [5.41, 5.74) is 6.94. The van der Waals surface area contributed by atoms with Crippen molar-refractivity contribution in [2.45, 2.75) is 45.6 Å². The van der Waals surface area contributed by atoms with Crippen LogP contribution in [0, 0.1) is 0 Å². The van der Waals surface area contributed by atoms with Crippen LogP contribution in [-0.2, 0) is 6.54 Å². The maximum atomic E-state index is 11.0. The molecule has 3 heteroatoms. The fourth-order valence-corrected chi connectivity index (χ4v) is 1.92. The number of amides is 1. The molecule has 0 aliphatic carbocycles. The van der Waals surface area contributed by atoms with Gasteiger partial charge in [0.25, 0.3) is 0 Å². The molecule has 0 saturated heterocycles. The topological polar surface area (TPSA) is 55.1 Å². The molecule has 0 aromatic heterocycles. The van der Waals surface area contributed by atoms with E-state index >= 15 is 0 Å². The number of carbonyl (C=O) groups is 1. The van der Waals surface area contributed by atoms with Crippen molar-refractivity contribution in [3.8, 4) is 0 Å². The number of hydrogen-bond donors (Lipinski definition) is 2. The van der Waals surface area contributed by atoms with Crippen LogP contribution < -0.4 is 11.1 Å². The van der Waals surface area contributed by atoms with Crippen LogP contribution in [0.4, 0.5) is 0 Å². The van der Waals surface area contributed by atoms with Crippen LogP contribution in [0.25, 0.3) is 0 Å². The number of benzene rings is 1. The Hall–Kier alpha value is -1.35. The summed E-state index contributed by atoms with van der Waals surface area (Å²) in [7, 11) is 0. The Bertz CT molecular complexity index is 363. The van der Waals surface area contributed by atoms with Crippen molar-refractivity contribution in [1.29, 1.82) is 0 Å². The molecule has 1 amide bonds. The standard InChI is InChI=1S/C15H24N2O/c1-2-3-4-5-6-10-17-12-13-8-7-9-14(11-13)15(16)18/h7-9,11,17H,2-6,10,12H2,1H3,(H2,16,18). The summed E-state index contributed by atoms with van der Waals surface area (Å²) in [6.45, 7) is 4.06. The van der Waals surface area contributed by atoms with Gasteiger partial charge in [-0.3, -0.25) is 4.79 Å². The van der Waals surface area contributed by atoms with Crippen molar-refractivity contribution in [3.63, 3.8) is 0 Å². The number of hydrogen-bond acceptors (Lipinski definition) is 2. The minimum absolute atomic E-state index is 0.364. The van der Waals surface area contributed by atoms with Gasteiger partial charge in [0, 0.05) is 12.1 Å². The van der Waals surface area contributed by atoms with E-state index in [4.69, 9.17) is 5.73 Å². The first-order valence-electron chi connectivity index (χ1n) is 6.83. The van der Waals surface area contributed by atoms with Crippen LogP contribution in [0.15, 0.2) is 24.3 Å². The maximum Gasteiger partial charge on any atom is 0.248 e. The zero-order valence-corrected chi connectivity index (χ0v) is 11.2. The van der Waals surface area contributed by atoms with Gasteiger partial charge >= 0.3 is 0 Å². The highest BCUT2D eigenvalue weighted by atomic mass is 16.1. The Morgan fingerprint density at radius 1 is 1.22 bits per heavy atom. The highest BCUT2D eigenvalue weighted by molar-refractivity contribution is 5.92. The summed E-state index contributed by atoms with van der Waals surface area (Å²) in [4.78, 5) is 11.0. The molecule has 0 aliphatic heterocycles. The third-order valence-electron chi connectivity index (χ3n) is 3.00.